The molecule has 2 N–H and O–H groups in total. The normalized spacial score (nSPS) is 23.6. The highest BCUT2D eigenvalue weighted by molar-refractivity contribution is 5.31. The first-order valence-electron chi connectivity index (χ1n) is 6.19. The molecule has 1 aromatic rings. The van der Waals surface area contributed by atoms with E-state index in [4.69, 9.17) is 10.5 Å². The van der Waals surface area contributed by atoms with Gasteiger partial charge in [-0.2, -0.15) is 0 Å². The van der Waals surface area contributed by atoms with Gasteiger partial charge in [0.1, 0.15) is 0 Å². The molecular formula is C14H21NO. The highest BCUT2D eigenvalue weighted by Gasteiger charge is 2.28. The zero-order valence-corrected chi connectivity index (χ0v) is 10.1. The van der Waals surface area contributed by atoms with Crippen LogP contribution in [0.5, 0.6) is 0 Å². The van der Waals surface area contributed by atoms with Crippen LogP contribution in [-0.2, 0) is 11.2 Å². The summed E-state index contributed by atoms with van der Waals surface area (Å²) in [6.07, 6.45) is 2.20. The summed E-state index contributed by atoms with van der Waals surface area (Å²) in [5, 5.41) is 0. The fraction of sp³-hybridized carbons (Fsp3) is 0.571. The van der Waals surface area contributed by atoms with E-state index in [0.29, 0.717) is 5.92 Å². The number of benzene rings is 1. The van der Waals surface area contributed by atoms with Gasteiger partial charge >= 0.3 is 0 Å². The molecule has 2 nitrogen and oxygen atoms in total. The zero-order valence-electron chi connectivity index (χ0n) is 10.1. The molecule has 0 aliphatic carbocycles. The minimum Gasteiger partial charge on any atom is -0.372 e. The monoisotopic (exact) mass is 219 g/mol. The Morgan fingerprint density at radius 1 is 1.44 bits per heavy atom. The van der Waals surface area contributed by atoms with Crippen molar-refractivity contribution in [1.82, 2.24) is 0 Å². The summed E-state index contributed by atoms with van der Waals surface area (Å²) >= 11 is 0. The summed E-state index contributed by atoms with van der Waals surface area (Å²) in [6.45, 7) is 5.18. The Kier molecular flexibility index (Phi) is 3.62. The lowest BCUT2D eigenvalue weighted by atomic mass is 9.87. The van der Waals surface area contributed by atoms with Gasteiger partial charge < -0.3 is 10.5 Å². The molecule has 16 heavy (non-hydrogen) atoms. The number of rotatable bonds is 3. The summed E-state index contributed by atoms with van der Waals surface area (Å²) in [7, 11) is 0. The van der Waals surface area contributed by atoms with E-state index in [2.05, 4.69) is 38.1 Å². The van der Waals surface area contributed by atoms with Crippen molar-refractivity contribution >= 4 is 0 Å². The lowest BCUT2D eigenvalue weighted by molar-refractivity contribution is 0.0121. The molecule has 1 heterocycles. The highest BCUT2D eigenvalue weighted by Crippen LogP contribution is 2.31. The maximum Gasteiger partial charge on any atom is 0.0981 e. The van der Waals surface area contributed by atoms with E-state index in [9.17, 15) is 0 Å². The Bertz CT molecular complexity index is 350. The summed E-state index contributed by atoms with van der Waals surface area (Å²) < 4.78 is 5.86. The molecule has 0 saturated heterocycles. The van der Waals surface area contributed by atoms with Crippen molar-refractivity contribution in [3.8, 4) is 0 Å². The van der Waals surface area contributed by atoms with Crippen LogP contribution in [0.4, 0.5) is 0 Å². The maximum atomic E-state index is 6.29. The van der Waals surface area contributed by atoms with E-state index >= 15 is 0 Å². The number of hydrogen-bond donors (Lipinski definition) is 1. The van der Waals surface area contributed by atoms with E-state index in [1.807, 2.05) is 0 Å². The summed E-state index contributed by atoms with van der Waals surface area (Å²) in [6, 6.07) is 8.61. The van der Waals surface area contributed by atoms with Crippen molar-refractivity contribution in [2.75, 3.05) is 6.61 Å². The van der Waals surface area contributed by atoms with Crippen LogP contribution in [0, 0.1) is 5.92 Å². The van der Waals surface area contributed by atoms with Crippen molar-refractivity contribution in [1.29, 1.82) is 0 Å². The molecule has 3 unspecified atom stereocenters. The Hall–Kier alpha value is -0.860. The smallest absolute Gasteiger partial charge is 0.0981 e. The van der Waals surface area contributed by atoms with Crippen LogP contribution in [0.1, 0.15) is 37.5 Å². The third-order valence-electron chi connectivity index (χ3n) is 3.68. The standard InChI is InChI=1S/C14H21NO/c1-3-10(2)13(15)14-12-7-5-4-6-11(12)8-9-16-14/h4-7,10,13-14H,3,8-9,15H2,1-2H3. The van der Waals surface area contributed by atoms with Gasteiger partial charge in [0.15, 0.2) is 0 Å². The van der Waals surface area contributed by atoms with Crippen molar-refractivity contribution < 1.29 is 4.74 Å². The number of nitrogens with two attached hydrogens (primary N) is 1. The molecule has 1 aromatic carbocycles. The second kappa shape index (κ2) is 4.98. The lowest BCUT2D eigenvalue weighted by Crippen LogP contribution is -2.38. The molecule has 3 atom stereocenters. The first kappa shape index (κ1) is 11.6. The van der Waals surface area contributed by atoms with Crippen LogP contribution in [0.3, 0.4) is 0 Å². The third kappa shape index (κ3) is 2.13. The van der Waals surface area contributed by atoms with Crippen molar-refractivity contribution in [3.63, 3.8) is 0 Å². The Labute approximate surface area is 97.8 Å². The fourth-order valence-corrected chi connectivity index (χ4v) is 2.31. The topological polar surface area (TPSA) is 35.2 Å². The number of fused-ring (bicyclic) bond motifs is 1. The van der Waals surface area contributed by atoms with Gasteiger partial charge in [-0.05, 0) is 23.5 Å². The average molecular weight is 219 g/mol. The second-order valence-corrected chi connectivity index (χ2v) is 4.70. The Balaban J connectivity index is 2.24. The van der Waals surface area contributed by atoms with Crippen LogP contribution >= 0.6 is 0 Å². The quantitative estimate of drug-likeness (QED) is 0.848. The van der Waals surface area contributed by atoms with E-state index < -0.39 is 0 Å². The molecule has 2 rings (SSSR count). The van der Waals surface area contributed by atoms with Crippen molar-refractivity contribution in [2.24, 2.45) is 11.7 Å². The van der Waals surface area contributed by atoms with Gasteiger partial charge in [-0.3, -0.25) is 0 Å². The molecular weight excluding hydrogens is 198 g/mol. The van der Waals surface area contributed by atoms with E-state index in [1.165, 1.54) is 11.1 Å². The fourth-order valence-electron chi connectivity index (χ4n) is 2.31. The number of hydrogen-bond acceptors (Lipinski definition) is 2. The van der Waals surface area contributed by atoms with Gasteiger partial charge in [0, 0.05) is 6.04 Å². The summed E-state index contributed by atoms with van der Waals surface area (Å²) in [4.78, 5) is 0. The van der Waals surface area contributed by atoms with Crippen LogP contribution in [0.2, 0.25) is 0 Å². The van der Waals surface area contributed by atoms with Gasteiger partial charge in [-0.25, -0.2) is 0 Å². The van der Waals surface area contributed by atoms with Gasteiger partial charge in [-0.15, -0.1) is 0 Å². The third-order valence-corrected chi connectivity index (χ3v) is 3.68. The minimum atomic E-state index is 0.0832. The average Bonchev–Trinajstić information content (AvgIpc) is 2.36. The van der Waals surface area contributed by atoms with Crippen LogP contribution < -0.4 is 5.73 Å². The minimum absolute atomic E-state index is 0.0832. The number of ether oxygens (including phenoxy) is 1. The molecule has 1 aliphatic rings. The van der Waals surface area contributed by atoms with Crippen LogP contribution in [-0.4, -0.2) is 12.6 Å². The molecule has 0 spiro atoms. The molecule has 0 radical (unpaired) electrons. The van der Waals surface area contributed by atoms with Gasteiger partial charge in [-0.1, -0.05) is 44.5 Å². The predicted molar refractivity (Wildman–Crippen MR) is 66.3 cm³/mol. The zero-order chi connectivity index (χ0) is 11.5. The summed E-state index contributed by atoms with van der Waals surface area (Å²) in [5.74, 6) is 0.496. The highest BCUT2D eigenvalue weighted by atomic mass is 16.5. The lowest BCUT2D eigenvalue weighted by Gasteiger charge is -2.33. The maximum absolute atomic E-state index is 6.29. The van der Waals surface area contributed by atoms with E-state index in [0.717, 1.165) is 19.4 Å². The predicted octanol–water partition coefficient (Wildman–Crippen LogP) is 2.67. The first-order chi connectivity index (χ1) is 7.74. The van der Waals surface area contributed by atoms with Crippen LogP contribution in [0.25, 0.3) is 0 Å². The summed E-state index contributed by atoms with van der Waals surface area (Å²) in [5.41, 5.74) is 8.99. The molecule has 2 heteroatoms. The second-order valence-electron chi connectivity index (χ2n) is 4.70. The van der Waals surface area contributed by atoms with E-state index in [1.54, 1.807) is 0 Å². The molecule has 1 aliphatic heterocycles. The van der Waals surface area contributed by atoms with Crippen molar-refractivity contribution in [2.45, 2.75) is 38.8 Å². The molecule has 0 bridgehead atoms. The van der Waals surface area contributed by atoms with Gasteiger partial charge in [0.2, 0.25) is 0 Å². The Morgan fingerprint density at radius 3 is 2.94 bits per heavy atom. The van der Waals surface area contributed by atoms with Crippen molar-refractivity contribution in [3.05, 3.63) is 35.4 Å². The molecule has 0 fully saturated rings. The SMILES string of the molecule is CCC(C)C(N)C1OCCc2ccccc21. The van der Waals surface area contributed by atoms with Gasteiger partial charge in [0.05, 0.1) is 12.7 Å². The first-order valence-corrected chi connectivity index (χ1v) is 6.19. The van der Waals surface area contributed by atoms with Crippen LogP contribution in [0.15, 0.2) is 24.3 Å². The van der Waals surface area contributed by atoms with E-state index in [-0.39, 0.29) is 12.1 Å². The molecule has 0 aromatic heterocycles. The van der Waals surface area contributed by atoms with Gasteiger partial charge in [0.25, 0.3) is 0 Å². The Morgan fingerprint density at radius 2 is 2.19 bits per heavy atom. The molecule has 0 saturated carbocycles. The molecule has 0 amide bonds. The largest absolute Gasteiger partial charge is 0.372 e. The molecule has 88 valence electrons.